The minimum atomic E-state index is -1.66. The Kier molecular flexibility index (Phi) is 6.42. The molecule has 1 aromatic rings. The lowest BCUT2D eigenvalue weighted by molar-refractivity contribution is 0.0922. The first kappa shape index (κ1) is 20.6. The van der Waals surface area contributed by atoms with E-state index < -0.39 is 9.96 Å². The average Bonchev–Trinajstić information content (AvgIpc) is 2.34. The van der Waals surface area contributed by atoms with E-state index in [4.69, 9.17) is 34.8 Å². The highest BCUT2D eigenvalue weighted by molar-refractivity contribution is 6.68. The lowest BCUT2D eigenvalue weighted by Crippen LogP contribution is -2.58. The van der Waals surface area contributed by atoms with Crippen molar-refractivity contribution in [3.05, 3.63) is 35.4 Å². The van der Waals surface area contributed by atoms with E-state index in [2.05, 4.69) is 31.4 Å². The minimum Gasteiger partial charge on any atom is -0.333 e. The fourth-order valence-electron chi connectivity index (χ4n) is 1.97. The summed E-state index contributed by atoms with van der Waals surface area (Å²) in [4.78, 5) is 12.4. The van der Waals surface area contributed by atoms with Gasteiger partial charge >= 0.3 is 0 Å². The molecule has 1 atom stereocenters. The summed E-state index contributed by atoms with van der Waals surface area (Å²) in [6.45, 7) is 12.2. The van der Waals surface area contributed by atoms with E-state index in [0.29, 0.717) is 5.56 Å². The Morgan fingerprint density at radius 3 is 1.78 bits per heavy atom. The summed E-state index contributed by atoms with van der Waals surface area (Å²) < 4.78 is -1.66. The summed E-state index contributed by atoms with van der Waals surface area (Å²) in [7, 11) is 0. The van der Waals surface area contributed by atoms with E-state index >= 15 is 0 Å². The lowest BCUT2D eigenvalue weighted by atomic mass is 9.87. The van der Waals surface area contributed by atoms with Crippen molar-refractivity contribution in [1.82, 2.24) is 10.6 Å². The predicted octanol–water partition coefficient (Wildman–Crippen LogP) is 4.80. The number of benzene rings is 1. The SMILES string of the molecule is CC(C)(C)N[C@H](NC(=O)c1ccc(C(C)(C)C)cc1)C(Cl)(Cl)Cl. The molecule has 0 spiro atoms. The zero-order valence-electron chi connectivity index (χ0n) is 14.4. The number of hydrogen-bond acceptors (Lipinski definition) is 2. The second-order valence-corrected chi connectivity index (χ2v) is 10.0. The molecular weight excluding hydrogens is 355 g/mol. The van der Waals surface area contributed by atoms with Gasteiger partial charge in [0.2, 0.25) is 3.79 Å². The Morgan fingerprint density at radius 2 is 1.43 bits per heavy atom. The fraction of sp³-hybridized carbons (Fsp3) is 0.588. The van der Waals surface area contributed by atoms with Gasteiger partial charge in [-0.1, -0.05) is 67.7 Å². The summed E-state index contributed by atoms with van der Waals surface area (Å²) in [6, 6.07) is 7.44. The Hall–Kier alpha value is -0.480. The number of amides is 1. The zero-order valence-corrected chi connectivity index (χ0v) is 16.7. The van der Waals surface area contributed by atoms with Gasteiger partial charge in [-0.15, -0.1) is 0 Å². The molecule has 6 heteroatoms. The van der Waals surface area contributed by atoms with Gasteiger partial charge in [0.25, 0.3) is 5.91 Å². The molecule has 1 amide bonds. The summed E-state index contributed by atoms with van der Waals surface area (Å²) >= 11 is 17.9. The molecule has 0 radical (unpaired) electrons. The highest BCUT2D eigenvalue weighted by atomic mass is 35.6. The molecule has 1 aromatic carbocycles. The molecular formula is C17H25Cl3N2O. The second kappa shape index (κ2) is 7.18. The van der Waals surface area contributed by atoms with Gasteiger partial charge in [-0.3, -0.25) is 10.1 Å². The van der Waals surface area contributed by atoms with Crippen LogP contribution in [0.1, 0.15) is 57.5 Å². The van der Waals surface area contributed by atoms with Crippen molar-refractivity contribution in [3.8, 4) is 0 Å². The van der Waals surface area contributed by atoms with Crippen LogP contribution in [0.15, 0.2) is 24.3 Å². The first-order valence-corrected chi connectivity index (χ1v) is 8.59. The molecule has 0 bridgehead atoms. The third kappa shape index (κ3) is 6.88. The van der Waals surface area contributed by atoms with Crippen LogP contribution in [0.5, 0.6) is 0 Å². The molecule has 0 aromatic heterocycles. The highest BCUT2D eigenvalue weighted by Crippen LogP contribution is 2.30. The Bertz CT molecular complexity index is 537. The predicted molar refractivity (Wildman–Crippen MR) is 99.6 cm³/mol. The van der Waals surface area contributed by atoms with Crippen molar-refractivity contribution in [2.24, 2.45) is 0 Å². The Morgan fingerprint density at radius 1 is 0.957 bits per heavy atom. The van der Waals surface area contributed by atoms with E-state index in [0.717, 1.165) is 5.56 Å². The molecule has 0 fully saturated rings. The number of halogens is 3. The van der Waals surface area contributed by atoms with Gasteiger partial charge in [0.15, 0.2) is 0 Å². The Balaban J connectivity index is 2.91. The summed E-state index contributed by atoms with van der Waals surface area (Å²) in [6.07, 6.45) is -0.803. The molecule has 0 aliphatic rings. The summed E-state index contributed by atoms with van der Waals surface area (Å²) in [5.41, 5.74) is 1.38. The van der Waals surface area contributed by atoms with E-state index in [1.165, 1.54) is 0 Å². The van der Waals surface area contributed by atoms with Crippen LogP contribution in [-0.4, -0.2) is 21.4 Å². The third-order valence-corrected chi connectivity index (χ3v) is 3.85. The fourth-order valence-corrected chi connectivity index (χ4v) is 2.30. The number of carbonyl (C=O) groups is 1. The van der Waals surface area contributed by atoms with E-state index in [-0.39, 0.29) is 16.9 Å². The molecule has 0 aliphatic carbocycles. The highest BCUT2D eigenvalue weighted by Gasteiger charge is 2.36. The molecule has 130 valence electrons. The lowest BCUT2D eigenvalue weighted by Gasteiger charge is -2.33. The van der Waals surface area contributed by atoms with Gasteiger partial charge in [0.05, 0.1) is 0 Å². The van der Waals surface area contributed by atoms with Gasteiger partial charge in [-0.2, -0.15) is 0 Å². The topological polar surface area (TPSA) is 41.1 Å². The molecule has 0 saturated carbocycles. The Labute approximate surface area is 154 Å². The van der Waals surface area contributed by atoms with Crippen LogP contribution >= 0.6 is 34.8 Å². The van der Waals surface area contributed by atoms with Crippen LogP contribution in [0, 0.1) is 0 Å². The smallest absolute Gasteiger partial charge is 0.252 e. The summed E-state index contributed by atoms with van der Waals surface area (Å²) in [5, 5.41) is 5.85. The van der Waals surface area contributed by atoms with Crippen LogP contribution in [0.4, 0.5) is 0 Å². The number of rotatable bonds is 3. The maximum atomic E-state index is 12.4. The number of nitrogens with one attached hydrogen (secondary N) is 2. The first-order chi connectivity index (χ1) is 10.2. The number of hydrogen-bond donors (Lipinski definition) is 2. The molecule has 2 N–H and O–H groups in total. The second-order valence-electron chi connectivity index (χ2n) is 7.67. The molecule has 23 heavy (non-hydrogen) atoms. The first-order valence-electron chi connectivity index (χ1n) is 7.46. The van der Waals surface area contributed by atoms with E-state index in [9.17, 15) is 4.79 Å². The number of carbonyl (C=O) groups excluding carboxylic acids is 1. The van der Waals surface area contributed by atoms with E-state index in [1.807, 2.05) is 32.9 Å². The number of alkyl halides is 3. The molecule has 3 nitrogen and oxygen atoms in total. The van der Waals surface area contributed by atoms with Gasteiger partial charge < -0.3 is 5.32 Å². The average molecular weight is 380 g/mol. The van der Waals surface area contributed by atoms with Crippen molar-refractivity contribution in [2.75, 3.05) is 0 Å². The van der Waals surface area contributed by atoms with Gasteiger partial charge in [0, 0.05) is 11.1 Å². The maximum Gasteiger partial charge on any atom is 0.252 e. The van der Waals surface area contributed by atoms with Crippen molar-refractivity contribution in [2.45, 2.75) is 62.5 Å². The third-order valence-electron chi connectivity index (χ3n) is 3.19. The van der Waals surface area contributed by atoms with Gasteiger partial charge in [0.1, 0.15) is 6.17 Å². The van der Waals surface area contributed by atoms with Crippen LogP contribution in [0.2, 0.25) is 0 Å². The van der Waals surface area contributed by atoms with Gasteiger partial charge in [-0.05, 0) is 43.9 Å². The minimum absolute atomic E-state index is 0.0307. The van der Waals surface area contributed by atoms with Crippen LogP contribution in [0.3, 0.4) is 0 Å². The standard InChI is InChI=1S/C17H25Cl3N2O/c1-15(2,3)12-9-7-11(8-10-12)13(23)21-14(17(18,19)20)22-16(4,5)6/h7-10,14,22H,1-6H3,(H,21,23)/t14-/m0/s1. The molecule has 0 aliphatic heterocycles. The molecule has 1 rings (SSSR count). The quantitative estimate of drug-likeness (QED) is 0.585. The van der Waals surface area contributed by atoms with Crippen molar-refractivity contribution < 1.29 is 4.79 Å². The van der Waals surface area contributed by atoms with E-state index in [1.54, 1.807) is 12.1 Å². The van der Waals surface area contributed by atoms with Crippen molar-refractivity contribution in [1.29, 1.82) is 0 Å². The van der Waals surface area contributed by atoms with Gasteiger partial charge in [-0.25, -0.2) is 0 Å². The maximum absolute atomic E-state index is 12.4. The molecule has 0 heterocycles. The largest absolute Gasteiger partial charge is 0.333 e. The van der Waals surface area contributed by atoms with Crippen molar-refractivity contribution in [3.63, 3.8) is 0 Å². The van der Waals surface area contributed by atoms with Crippen LogP contribution in [-0.2, 0) is 5.41 Å². The molecule has 0 unspecified atom stereocenters. The van der Waals surface area contributed by atoms with Crippen molar-refractivity contribution >= 4 is 40.7 Å². The monoisotopic (exact) mass is 378 g/mol. The normalized spacial score (nSPS) is 14.5. The van der Waals surface area contributed by atoms with Crippen LogP contribution in [0.25, 0.3) is 0 Å². The molecule has 0 saturated heterocycles. The van der Waals surface area contributed by atoms with Crippen LogP contribution < -0.4 is 10.6 Å². The zero-order chi connectivity index (χ0) is 18.1. The summed E-state index contributed by atoms with van der Waals surface area (Å²) in [5.74, 6) is -0.293.